The van der Waals surface area contributed by atoms with Gasteiger partial charge in [0.1, 0.15) is 0 Å². The van der Waals surface area contributed by atoms with E-state index in [9.17, 15) is 4.39 Å². The van der Waals surface area contributed by atoms with Crippen molar-refractivity contribution in [3.05, 3.63) is 29.6 Å². The highest BCUT2D eigenvalue weighted by Crippen LogP contribution is 2.29. The maximum absolute atomic E-state index is 14.0. The Bertz CT molecular complexity index is 395. The number of benzene rings is 1. The van der Waals surface area contributed by atoms with Gasteiger partial charge in [-0.2, -0.15) is 0 Å². The average molecular weight is 281 g/mol. The van der Waals surface area contributed by atoms with Crippen LogP contribution in [0.1, 0.15) is 58.1 Å². The van der Waals surface area contributed by atoms with E-state index in [-0.39, 0.29) is 11.9 Å². The average Bonchev–Trinajstić information content (AvgIpc) is 2.47. The Labute approximate surface area is 122 Å². The number of rotatable bonds is 9. The summed E-state index contributed by atoms with van der Waals surface area (Å²) in [5, 5.41) is 3.14. The lowest BCUT2D eigenvalue weighted by atomic mass is 10.0. The lowest BCUT2D eigenvalue weighted by molar-refractivity contribution is 0.221. The van der Waals surface area contributed by atoms with Crippen molar-refractivity contribution >= 4 is 0 Å². The molecule has 0 aromatic heterocycles. The monoisotopic (exact) mass is 281 g/mol. The van der Waals surface area contributed by atoms with Crippen LogP contribution in [0.25, 0.3) is 0 Å². The van der Waals surface area contributed by atoms with Crippen LogP contribution in [-0.4, -0.2) is 13.7 Å². The standard InChI is InChI=1S/C17H28FNO/c1-5-7-9-14(6-2)12-20-17-15(13(3)19-4)10-8-11-16(17)18/h8,10-11,13-14,19H,5-7,9,12H2,1-4H3. The van der Waals surface area contributed by atoms with Gasteiger partial charge in [-0.1, -0.05) is 45.2 Å². The van der Waals surface area contributed by atoms with Gasteiger partial charge in [-0.25, -0.2) is 4.39 Å². The van der Waals surface area contributed by atoms with E-state index in [0.717, 1.165) is 18.4 Å². The van der Waals surface area contributed by atoms with Gasteiger partial charge in [0.25, 0.3) is 0 Å². The molecule has 2 nitrogen and oxygen atoms in total. The Balaban J connectivity index is 2.75. The second-order valence-electron chi connectivity index (χ2n) is 5.40. The summed E-state index contributed by atoms with van der Waals surface area (Å²) in [6.45, 7) is 6.97. The Kier molecular flexibility index (Phi) is 7.60. The Morgan fingerprint density at radius 1 is 1.30 bits per heavy atom. The molecule has 0 fully saturated rings. The molecule has 0 aliphatic rings. The summed E-state index contributed by atoms with van der Waals surface area (Å²) in [4.78, 5) is 0. The zero-order valence-corrected chi connectivity index (χ0v) is 13.2. The van der Waals surface area contributed by atoms with Crippen molar-refractivity contribution in [2.45, 2.75) is 52.5 Å². The third-order valence-corrected chi connectivity index (χ3v) is 3.90. The molecule has 0 saturated carbocycles. The van der Waals surface area contributed by atoms with Gasteiger partial charge in [0.15, 0.2) is 11.6 Å². The van der Waals surface area contributed by atoms with Crippen LogP contribution >= 0.6 is 0 Å². The van der Waals surface area contributed by atoms with E-state index < -0.39 is 0 Å². The molecule has 0 spiro atoms. The van der Waals surface area contributed by atoms with Gasteiger partial charge in [0, 0.05) is 11.6 Å². The molecule has 3 heteroatoms. The summed E-state index contributed by atoms with van der Waals surface area (Å²) in [6, 6.07) is 5.21. The molecule has 0 saturated heterocycles. The first-order valence-electron chi connectivity index (χ1n) is 7.72. The maximum Gasteiger partial charge on any atom is 0.165 e. The highest BCUT2D eigenvalue weighted by Gasteiger charge is 2.16. The van der Waals surface area contributed by atoms with Crippen LogP contribution in [0.3, 0.4) is 0 Å². The van der Waals surface area contributed by atoms with E-state index in [1.54, 1.807) is 6.07 Å². The second kappa shape index (κ2) is 8.96. The van der Waals surface area contributed by atoms with E-state index in [2.05, 4.69) is 19.2 Å². The summed E-state index contributed by atoms with van der Waals surface area (Å²) in [5.74, 6) is 0.645. The molecule has 2 unspecified atom stereocenters. The molecule has 1 aromatic carbocycles. The molecule has 20 heavy (non-hydrogen) atoms. The van der Waals surface area contributed by atoms with Crippen molar-refractivity contribution < 1.29 is 9.13 Å². The third-order valence-electron chi connectivity index (χ3n) is 3.90. The number of unbranched alkanes of at least 4 members (excludes halogenated alkanes) is 1. The normalized spacial score (nSPS) is 14.1. The predicted octanol–water partition coefficient (Wildman–Crippen LogP) is 4.70. The molecule has 1 aromatic rings. The lowest BCUT2D eigenvalue weighted by Gasteiger charge is -2.20. The van der Waals surface area contributed by atoms with Gasteiger partial charge in [-0.3, -0.25) is 0 Å². The lowest BCUT2D eigenvalue weighted by Crippen LogP contribution is -2.17. The highest BCUT2D eigenvalue weighted by molar-refractivity contribution is 5.37. The van der Waals surface area contributed by atoms with Crippen LogP contribution < -0.4 is 10.1 Å². The largest absolute Gasteiger partial charge is 0.490 e. The number of nitrogens with one attached hydrogen (secondary N) is 1. The van der Waals surface area contributed by atoms with Gasteiger partial charge in [-0.05, 0) is 32.4 Å². The molecule has 0 amide bonds. The number of para-hydroxylation sites is 1. The summed E-state index contributed by atoms with van der Waals surface area (Å²) >= 11 is 0. The quantitative estimate of drug-likeness (QED) is 0.708. The van der Waals surface area contributed by atoms with Gasteiger partial charge in [0.05, 0.1) is 6.61 Å². The van der Waals surface area contributed by atoms with Crippen LogP contribution in [0, 0.1) is 11.7 Å². The predicted molar refractivity (Wildman–Crippen MR) is 82.7 cm³/mol. The molecule has 0 aliphatic heterocycles. The first-order chi connectivity index (χ1) is 9.63. The molecular formula is C17H28FNO. The maximum atomic E-state index is 14.0. The highest BCUT2D eigenvalue weighted by atomic mass is 19.1. The van der Waals surface area contributed by atoms with E-state index in [1.807, 2.05) is 20.0 Å². The van der Waals surface area contributed by atoms with E-state index in [4.69, 9.17) is 4.74 Å². The molecule has 0 radical (unpaired) electrons. The number of halogens is 1. The Morgan fingerprint density at radius 3 is 2.65 bits per heavy atom. The zero-order valence-electron chi connectivity index (χ0n) is 13.2. The first-order valence-corrected chi connectivity index (χ1v) is 7.72. The molecule has 2 atom stereocenters. The molecule has 0 aliphatic carbocycles. The Hall–Kier alpha value is -1.09. The smallest absolute Gasteiger partial charge is 0.165 e. The minimum atomic E-state index is -0.269. The molecular weight excluding hydrogens is 253 g/mol. The van der Waals surface area contributed by atoms with Crippen molar-refractivity contribution in [2.24, 2.45) is 5.92 Å². The van der Waals surface area contributed by atoms with Gasteiger partial charge >= 0.3 is 0 Å². The van der Waals surface area contributed by atoms with Crippen molar-refractivity contribution in [3.63, 3.8) is 0 Å². The van der Waals surface area contributed by atoms with E-state index in [1.165, 1.54) is 18.9 Å². The number of ether oxygens (including phenoxy) is 1. The van der Waals surface area contributed by atoms with E-state index in [0.29, 0.717) is 18.3 Å². The molecule has 1 rings (SSSR count). The number of hydrogen-bond donors (Lipinski definition) is 1. The van der Waals surface area contributed by atoms with Crippen LogP contribution in [0.4, 0.5) is 4.39 Å². The summed E-state index contributed by atoms with van der Waals surface area (Å²) in [6.07, 6.45) is 4.63. The van der Waals surface area contributed by atoms with Crippen molar-refractivity contribution in [1.29, 1.82) is 0 Å². The summed E-state index contributed by atoms with van der Waals surface area (Å²) in [7, 11) is 1.87. The van der Waals surface area contributed by atoms with Crippen molar-refractivity contribution in [1.82, 2.24) is 5.32 Å². The second-order valence-corrected chi connectivity index (χ2v) is 5.40. The van der Waals surface area contributed by atoms with Crippen molar-refractivity contribution in [2.75, 3.05) is 13.7 Å². The molecule has 0 heterocycles. The third kappa shape index (κ3) is 4.78. The topological polar surface area (TPSA) is 21.3 Å². The summed E-state index contributed by atoms with van der Waals surface area (Å²) in [5.41, 5.74) is 0.887. The number of hydrogen-bond acceptors (Lipinski definition) is 2. The fourth-order valence-corrected chi connectivity index (χ4v) is 2.27. The van der Waals surface area contributed by atoms with Crippen LogP contribution in [0.2, 0.25) is 0 Å². The molecule has 1 N–H and O–H groups in total. The SMILES string of the molecule is CCCCC(CC)COc1c(F)cccc1C(C)NC. The Morgan fingerprint density at radius 2 is 2.05 bits per heavy atom. The zero-order chi connectivity index (χ0) is 15.0. The van der Waals surface area contributed by atoms with E-state index >= 15 is 0 Å². The molecule has 0 bridgehead atoms. The fraction of sp³-hybridized carbons (Fsp3) is 0.647. The first kappa shape index (κ1) is 17.0. The molecule has 114 valence electrons. The van der Waals surface area contributed by atoms with Crippen LogP contribution in [-0.2, 0) is 0 Å². The van der Waals surface area contributed by atoms with Gasteiger partial charge in [-0.15, -0.1) is 0 Å². The van der Waals surface area contributed by atoms with Crippen LogP contribution in [0.15, 0.2) is 18.2 Å². The summed E-state index contributed by atoms with van der Waals surface area (Å²) < 4.78 is 19.8. The minimum Gasteiger partial charge on any atom is -0.490 e. The van der Waals surface area contributed by atoms with Crippen molar-refractivity contribution in [3.8, 4) is 5.75 Å². The minimum absolute atomic E-state index is 0.0800. The fourth-order valence-electron chi connectivity index (χ4n) is 2.27. The van der Waals surface area contributed by atoms with Crippen LogP contribution in [0.5, 0.6) is 5.75 Å². The van der Waals surface area contributed by atoms with Gasteiger partial charge in [0.2, 0.25) is 0 Å². The van der Waals surface area contributed by atoms with Gasteiger partial charge < -0.3 is 10.1 Å².